The largest absolute Gasteiger partial charge is 0.305 e. The van der Waals surface area contributed by atoms with Crippen LogP contribution in [0.25, 0.3) is 4.96 Å². The van der Waals surface area contributed by atoms with Gasteiger partial charge in [0.05, 0.1) is 11.4 Å². The van der Waals surface area contributed by atoms with Gasteiger partial charge in [0.2, 0.25) is 0 Å². The molecule has 3 aromatic rings. The smallest absolute Gasteiger partial charge is 0.194 e. The molecule has 0 saturated heterocycles. The maximum Gasteiger partial charge on any atom is 0.194 e. The van der Waals surface area contributed by atoms with E-state index in [0.717, 1.165) is 22.2 Å². The lowest BCUT2D eigenvalue weighted by Gasteiger charge is -2.14. The quantitative estimate of drug-likeness (QED) is 0.766. The highest BCUT2D eigenvalue weighted by Crippen LogP contribution is 2.22. The van der Waals surface area contributed by atoms with Crippen molar-refractivity contribution in [2.24, 2.45) is 0 Å². The van der Waals surface area contributed by atoms with E-state index in [1.54, 1.807) is 11.3 Å². The van der Waals surface area contributed by atoms with Crippen LogP contribution in [0.3, 0.4) is 0 Å². The zero-order valence-electron chi connectivity index (χ0n) is 12.4. The van der Waals surface area contributed by atoms with Crippen LogP contribution in [0.15, 0.2) is 30.5 Å². The second-order valence-electron chi connectivity index (χ2n) is 5.29. The Morgan fingerprint density at radius 2 is 2.00 bits per heavy atom. The molecule has 0 spiro atoms. The number of fused-ring (bicyclic) bond motifs is 1. The van der Waals surface area contributed by atoms with E-state index >= 15 is 0 Å². The summed E-state index contributed by atoms with van der Waals surface area (Å²) < 4.78 is 2.19. The van der Waals surface area contributed by atoms with Gasteiger partial charge in [-0.05, 0) is 38.5 Å². The van der Waals surface area contributed by atoms with Crippen molar-refractivity contribution in [1.29, 1.82) is 0 Å². The van der Waals surface area contributed by atoms with Gasteiger partial charge in [0, 0.05) is 28.7 Å². The molecule has 0 unspecified atom stereocenters. The summed E-state index contributed by atoms with van der Waals surface area (Å²) in [5.41, 5.74) is 3.56. The number of nitrogens with zero attached hydrogens (tertiary/aromatic N) is 2. The molecule has 0 aliphatic heterocycles. The lowest BCUT2D eigenvalue weighted by atomic mass is 10.1. The van der Waals surface area contributed by atoms with Crippen LogP contribution in [0.5, 0.6) is 0 Å². The molecule has 2 heterocycles. The molecule has 5 heteroatoms. The van der Waals surface area contributed by atoms with Gasteiger partial charge in [-0.15, -0.1) is 11.3 Å². The molecule has 0 radical (unpaired) electrons. The number of rotatable bonds is 4. The first-order chi connectivity index (χ1) is 10.0. The van der Waals surface area contributed by atoms with Gasteiger partial charge in [-0.3, -0.25) is 4.40 Å². The summed E-state index contributed by atoms with van der Waals surface area (Å²) in [6.45, 7) is 7.14. The zero-order chi connectivity index (χ0) is 15.0. The van der Waals surface area contributed by atoms with E-state index in [9.17, 15) is 0 Å². The lowest BCUT2D eigenvalue weighted by Crippen LogP contribution is -2.19. The van der Waals surface area contributed by atoms with E-state index in [4.69, 9.17) is 11.6 Å². The third kappa shape index (κ3) is 2.98. The Kier molecular flexibility index (Phi) is 4.02. The molecule has 21 heavy (non-hydrogen) atoms. The van der Waals surface area contributed by atoms with Crippen molar-refractivity contribution >= 4 is 27.9 Å². The molecular weight excluding hydrogens is 302 g/mol. The second-order valence-corrected chi connectivity index (χ2v) is 6.94. The minimum Gasteiger partial charge on any atom is -0.305 e. The van der Waals surface area contributed by atoms with Crippen molar-refractivity contribution in [2.75, 3.05) is 0 Å². The third-order valence-electron chi connectivity index (χ3n) is 3.69. The molecule has 0 fully saturated rings. The van der Waals surface area contributed by atoms with Crippen LogP contribution in [0.4, 0.5) is 0 Å². The SMILES string of the molecule is Cc1cn2c(CN[C@H](C)c3ccc(Cl)cc3)c(C)nc2s1. The molecule has 1 atom stereocenters. The Morgan fingerprint density at radius 3 is 2.71 bits per heavy atom. The highest BCUT2D eigenvalue weighted by atomic mass is 35.5. The number of halogens is 1. The number of thiazole rings is 1. The average molecular weight is 320 g/mol. The lowest BCUT2D eigenvalue weighted by molar-refractivity contribution is 0.564. The monoisotopic (exact) mass is 319 g/mol. The molecule has 1 N–H and O–H groups in total. The van der Waals surface area contributed by atoms with Gasteiger partial charge in [-0.2, -0.15) is 0 Å². The summed E-state index contributed by atoms with van der Waals surface area (Å²) in [4.78, 5) is 6.97. The number of benzene rings is 1. The summed E-state index contributed by atoms with van der Waals surface area (Å²) >= 11 is 7.66. The standard InChI is InChI=1S/C16H18ClN3S/c1-10-9-20-15(12(3)19-16(20)21-10)8-18-11(2)13-4-6-14(17)7-5-13/h4-7,9,11,18H,8H2,1-3H3/t11-/m1/s1. The minimum absolute atomic E-state index is 0.270. The fourth-order valence-electron chi connectivity index (χ4n) is 2.44. The predicted octanol–water partition coefficient (Wildman–Crippen LogP) is 4.52. The molecule has 0 aliphatic carbocycles. The van der Waals surface area contributed by atoms with Crippen molar-refractivity contribution in [3.8, 4) is 0 Å². The van der Waals surface area contributed by atoms with E-state index < -0.39 is 0 Å². The van der Waals surface area contributed by atoms with Crippen molar-refractivity contribution in [3.63, 3.8) is 0 Å². The Hall–Kier alpha value is -1.36. The predicted molar refractivity (Wildman–Crippen MR) is 89.2 cm³/mol. The summed E-state index contributed by atoms with van der Waals surface area (Å²) in [6.07, 6.45) is 2.16. The summed E-state index contributed by atoms with van der Waals surface area (Å²) in [6, 6.07) is 8.26. The molecule has 0 saturated carbocycles. The van der Waals surface area contributed by atoms with Crippen LogP contribution in [-0.4, -0.2) is 9.38 Å². The molecule has 0 aliphatic rings. The van der Waals surface area contributed by atoms with Crippen molar-refractivity contribution in [1.82, 2.24) is 14.7 Å². The Bertz CT molecular complexity index is 758. The number of imidazole rings is 1. The third-order valence-corrected chi connectivity index (χ3v) is 4.84. The molecule has 2 aromatic heterocycles. The maximum atomic E-state index is 5.93. The first-order valence-electron chi connectivity index (χ1n) is 6.97. The van der Waals surface area contributed by atoms with E-state index in [1.165, 1.54) is 16.1 Å². The van der Waals surface area contributed by atoms with Crippen LogP contribution in [-0.2, 0) is 6.54 Å². The van der Waals surface area contributed by atoms with Crippen molar-refractivity contribution in [3.05, 3.63) is 57.3 Å². The van der Waals surface area contributed by atoms with E-state index in [0.29, 0.717) is 0 Å². The molecule has 110 valence electrons. The average Bonchev–Trinajstić information content (AvgIpc) is 2.92. The number of aromatic nitrogens is 2. The Balaban J connectivity index is 1.76. The first kappa shape index (κ1) is 14.6. The van der Waals surface area contributed by atoms with E-state index in [2.05, 4.69) is 53.8 Å². The van der Waals surface area contributed by atoms with Crippen LogP contribution >= 0.6 is 22.9 Å². The van der Waals surface area contributed by atoms with Crippen LogP contribution < -0.4 is 5.32 Å². The van der Waals surface area contributed by atoms with E-state index in [-0.39, 0.29) is 6.04 Å². The molecule has 0 amide bonds. The highest BCUT2D eigenvalue weighted by molar-refractivity contribution is 7.17. The van der Waals surface area contributed by atoms with Crippen molar-refractivity contribution < 1.29 is 0 Å². The van der Waals surface area contributed by atoms with Crippen LogP contribution in [0, 0.1) is 13.8 Å². The van der Waals surface area contributed by atoms with Gasteiger partial charge in [-0.25, -0.2) is 4.98 Å². The maximum absolute atomic E-state index is 5.93. The topological polar surface area (TPSA) is 29.3 Å². The fourth-order valence-corrected chi connectivity index (χ4v) is 3.46. The van der Waals surface area contributed by atoms with Gasteiger partial charge in [-0.1, -0.05) is 23.7 Å². The normalized spacial score (nSPS) is 13.0. The van der Waals surface area contributed by atoms with Gasteiger partial charge in [0.25, 0.3) is 0 Å². The number of hydrogen-bond donors (Lipinski definition) is 1. The second kappa shape index (κ2) is 5.79. The minimum atomic E-state index is 0.270. The van der Waals surface area contributed by atoms with Crippen LogP contribution in [0.1, 0.15) is 34.8 Å². The molecule has 1 aromatic carbocycles. The zero-order valence-corrected chi connectivity index (χ0v) is 13.9. The van der Waals surface area contributed by atoms with Crippen LogP contribution in [0.2, 0.25) is 5.02 Å². The Labute approximate surface area is 133 Å². The van der Waals surface area contributed by atoms with E-state index in [1.807, 2.05) is 12.1 Å². The molecular formula is C16H18ClN3S. The van der Waals surface area contributed by atoms with Crippen molar-refractivity contribution in [2.45, 2.75) is 33.4 Å². The summed E-state index contributed by atoms with van der Waals surface area (Å²) in [5, 5.41) is 4.34. The number of hydrogen-bond acceptors (Lipinski definition) is 3. The molecule has 3 nitrogen and oxygen atoms in total. The van der Waals surface area contributed by atoms with Gasteiger partial charge in [0.15, 0.2) is 4.96 Å². The van der Waals surface area contributed by atoms with Gasteiger partial charge in [0.1, 0.15) is 0 Å². The summed E-state index contributed by atoms with van der Waals surface area (Å²) in [5.74, 6) is 0. The highest BCUT2D eigenvalue weighted by Gasteiger charge is 2.12. The molecule has 0 bridgehead atoms. The Morgan fingerprint density at radius 1 is 1.29 bits per heavy atom. The number of aryl methyl sites for hydroxylation is 2. The number of nitrogens with one attached hydrogen (secondary N) is 1. The van der Waals surface area contributed by atoms with Gasteiger partial charge >= 0.3 is 0 Å². The van der Waals surface area contributed by atoms with Gasteiger partial charge < -0.3 is 5.32 Å². The summed E-state index contributed by atoms with van der Waals surface area (Å²) in [7, 11) is 0. The fraction of sp³-hybridized carbons (Fsp3) is 0.312. The molecule has 3 rings (SSSR count). The first-order valence-corrected chi connectivity index (χ1v) is 8.17.